The lowest BCUT2D eigenvalue weighted by Gasteiger charge is -2.28. The minimum absolute atomic E-state index is 0.0530. The highest BCUT2D eigenvalue weighted by atomic mass is 19.1. The number of benzene rings is 1. The van der Waals surface area contributed by atoms with Crippen LogP contribution in [0.25, 0.3) is 0 Å². The largest absolute Gasteiger partial charge is 0.314 e. The van der Waals surface area contributed by atoms with E-state index in [-0.39, 0.29) is 17.8 Å². The van der Waals surface area contributed by atoms with Crippen LogP contribution in [0.15, 0.2) is 24.3 Å². The molecule has 1 atom stereocenters. The van der Waals surface area contributed by atoms with Gasteiger partial charge in [-0.3, -0.25) is 4.79 Å². The van der Waals surface area contributed by atoms with Crippen LogP contribution in [0.3, 0.4) is 0 Å². The molecule has 2 N–H and O–H groups in total. The quantitative estimate of drug-likeness (QED) is 0.780. The molecule has 1 aromatic carbocycles. The van der Waals surface area contributed by atoms with Gasteiger partial charge in [0.2, 0.25) is 5.91 Å². The third-order valence-corrected chi connectivity index (χ3v) is 2.87. The van der Waals surface area contributed by atoms with Gasteiger partial charge in [0.1, 0.15) is 5.82 Å². The Kier molecular flexibility index (Phi) is 3.71. The molecule has 92 valence electrons. The third kappa shape index (κ3) is 2.81. The Hall–Kier alpha value is -1.46. The summed E-state index contributed by atoms with van der Waals surface area (Å²) < 4.78 is 13.1. The first kappa shape index (κ1) is 12.0. The Labute approximate surface area is 99.8 Å². The van der Waals surface area contributed by atoms with E-state index in [4.69, 9.17) is 0 Å². The number of hydrogen-bond acceptors (Lipinski definition) is 3. The Balaban J connectivity index is 2.08. The Morgan fingerprint density at radius 3 is 2.94 bits per heavy atom. The minimum Gasteiger partial charge on any atom is -0.314 e. The molecule has 1 heterocycles. The molecule has 0 aliphatic carbocycles. The molecule has 0 saturated carbocycles. The molecule has 1 unspecified atom stereocenters. The predicted octanol–water partition coefficient (Wildman–Crippen LogP) is 0.350. The van der Waals surface area contributed by atoms with Crippen molar-refractivity contribution >= 4 is 11.6 Å². The average molecular weight is 237 g/mol. The topological polar surface area (TPSA) is 44.4 Å². The SMILES string of the molecule is CN(C(=O)C1CNCCN1)c1cccc(F)c1. The highest BCUT2D eigenvalue weighted by Gasteiger charge is 2.24. The van der Waals surface area contributed by atoms with Crippen LogP contribution in [0.1, 0.15) is 0 Å². The molecule has 1 aromatic rings. The van der Waals surface area contributed by atoms with Crippen molar-refractivity contribution < 1.29 is 9.18 Å². The summed E-state index contributed by atoms with van der Waals surface area (Å²) in [4.78, 5) is 13.6. The first-order valence-corrected chi connectivity index (χ1v) is 5.66. The number of halogens is 1. The number of piperazine rings is 1. The van der Waals surface area contributed by atoms with Gasteiger partial charge in [0, 0.05) is 32.4 Å². The highest BCUT2D eigenvalue weighted by molar-refractivity contribution is 5.96. The van der Waals surface area contributed by atoms with Crippen molar-refractivity contribution in [3.05, 3.63) is 30.1 Å². The molecular weight excluding hydrogens is 221 g/mol. The Morgan fingerprint density at radius 2 is 2.29 bits per heavy atom. The van der Waals surface area contributed by atoms with Gasteiger partial charge in [0.25, 0.3) is 0 Å². The summed E-state index contributed by atoms with van der Waals surface area (Å²) in [7, 11) is 1.66. The number of nitrogens with zero attached hydrogens (tertiary/aromatic N) is 1. The van der Waals surface area contributed by atoms with E-state index >= 15 is 0 Å². The number of carbonyl (C=O) groups excluding carboxylic acids is 1. The zero-order valence-corrected chi connectivity index (χ0v) is 9.74. The zero-order valence-electron chi connectivity index (χ0n) is 9.74. The van der Waals surface area contributed by atoms with Gasteiger partial charge in [0.15, 0.2) is 0 Å². The molecule has 17 heavy (non-hydrogen) atoms. The van der Waals surface area contributed by atoms with E-state index in [1.807, 2.05) is 0 Å². The lowest BCUT2D eigenvalue weighted by Crippen LogP contribution is -2.56. The molecule has 1 amide bonds. The second-order valence-electron chi connectivity index (χ2n) is 4.09. The van der Waals surface area contributed by atoms with Crippen LogP contribution in [0.4, 0.5) is 10.1 Å². The van der Waals surface area contributed by atoms with Gasteiger partial charge in [0.05, 0.1) is 6.04 Å². The van der Waals surface area contributed by atoms with Crippen LogP contribution >= 0.6 is 0 Å². The molecule has 1 saturated heterocycles. The Morgan fingerprint density at radius 1 is 1.47 bits per heavy atom. The number of nitrogens with one attached hydrogen (secondary N) is 2. The van der Waals surface area contributed by atoms with Crippen LogP contribution in [-0.4, -0.2) is 38.6 Å². The molecule has 4 nitrogen and oxygen atoms in total. The molecule has 5 heteroatoms. The fourth-order valence-corrected chi connectivity index (χ4v) is 1.87. The first-order chi connectivity index (χ1) is 8.18. The molecule has 0 spiro atoms. The summed E-state index contributed by atoms with van der Waals surface area (Å²) in [6.07, 6.45) is 0. The smallest absolute Gasteiger partial charge is 0.245 e. The van der Waals surface area contributed by atoms with Crippen LogP contribution in [-0.2, 0) is 4.79 Å². The average Bonchev–Trinajstić information content (AvgIpc) is 2.38. The van der Waals surface area contributed by atoms with Crippen molar-refractivity contribution in [2.75, 3.05) is 31.6 Å². The number of rotatable bonds is 2. The van der Waals surface area contributed by atoms with Crippen molar-refractivity contribution in [1.82, 2.24) is 10.6 Å². The van der Waals surface area contributed by atoms with E-state index in [0.717, 1.165) is 13.1 Å². The number of hydrogen-bond donors (Lipinski definition) is 2. The normalized spacial score (nSPS) is 20.0. The van der Waals surface area contributed by atoms with Crippen LogP contribution in [0.2, 0.25) is 0 Å². The van der Waals surface area contributed by atoms with E-state index in [1.54, 1.807) is 19.2 Å². The molecule has 0 bridgehead atoms. The second-order valence-corrected chi connectivity index (χ2v) is 4.09. The Bertz CT molecular complexity index is 404. The van der Waals surface area contributed by atoms with E-state index in [1.165, 1.54) is 17.0 Å². The number of carbonyl (C=O) groups is 1. The summed E-state index contributed by atoms with van der Waals surface area (Å²) in [6.45, 7) is 2.25. The summed E-state index contributed by atoms with van der Waals surface area (Å²) in [5.74, 6) is -0.389. The van der Waals surface area contributed by atoms with Gasteiger partial charge < -0.3 is 15.5 Å². The maximum absolute atomic E-state index is 13.1. The lowest BCUT2D eigenvalue weighted by molar-refractivity contribution is -0.120. The first-order valence-electron chi connectivity index (χ1n) is 5.66. The third-order valence-electron chi connectivity index (χ3n) is 2.87. The van der Waals surface area contributed by atoms with Crippen LogP contribution in [0.5, 0.6) is 0 Å². The summed E-state index contributed by atoms with van der Waals surface area (Å²) in [5.41, 5.74) is 0.572. The zero-order chi connectivity index (χ0) is 12.3. The molecule has 1 fully saturated rings. The van der Waals surface area contributed by atoms with Gasteiger partial charge in [-0.2, -0.15) is 0 Å². The van der Waals surface area contributed by atoms with Gasteiger partial charge in [-0.05, 0) is 18.2 Å². The number of likely N-dealkylation sites (N-methyl/N-ethyl adjacent to an activating group) is 1. The van der Waals surface area contributed by atoms with Gasteiger partial charge >= 0.3 is 0 Å². The monoisotopic (exact) mass is 237 g/mol. The van der Waals surface area contributed by atoms with E-state index in [9.17, 15) is 9.18 Å². The number of anilines is 1. The summed E-state index contributed by atoms with van der Waals surface area (Å²) in [6, 6.07) is 5.80. The van der Waals surface area contributed by atoms with E-state index in [2.05, 4.69) is 10.6 Å². The highest BCUT2D eigenvalue weighted by Crippen LogP contribution is 2.14. The molecule has 2 rings (SSSR count). The van der Waals surface area contributed by atoms with Crippen LogP contribution < -0.4 is 15.5 Å². The standard InChI is InChI=1S/C12H16FN3O/c1-16(10-4-2-3-9(13)7-10)12(17)11-8-14-5-6-15-11/h2-4,7,11,14-15H,5-6,8H2,1H3. The van der Waals surface area contributed by atoms with Crippen molar-refractivity contribution in [2.45, 2.75) is 6.04 Å². The fraction of sp³-hybridized carbons (Fsp3) is 0.417. The summed E-state index contributed by atoms with van der Waals surface area (Å²) in [5, 5.41) is 6.29. The predicted molar refractivity (Wildman–Crippen MR) is 64.5 cm³/mol. The summed E-state index contributed by atoms with van der Waals surface area (Å²) >= 11 is 0. The maximum Gasteiger partial charge on any atom is 0.245 e. The second kappa shape index (κ2) is 5.25. The molecule has 0 aromatic heterocycles. The van der Waals surface area contributed by atoms with Crippen molar-refractivity contribution in [3.8, 4) is 0 Å². The van der Waals surface area contributed by atoms with Crippen molar-refractivity contribution in [1.29, 1.82) is 0 Å². The van der Waals surface area contributed by atoms with Crippen LogP contribution in [0, 0.1) is 5.82 Å². The van der Waals surface area contributed by atoms with Crippen molar-refractivity contribution in [2.24, 2.45) is 0 Å². The lowest BCUT2D eigenvalue weighted by atomic mass is 10.2. The van der Waals surface area contributed by atoms with Crippen molar-refractivity contribution in [3.63, 3.8) is 0 Å². The molecule has 1 aliphatic rings. The molecule has 0 radical (unpaired) electrons. The van der Waals surface area contributed by atoms with E-state index in [0.29, 0.717) is 12.2 Å². The van der Waals surface area contributed by atoms with Gasteiger partial charge in [-0.1, -0.05) is 6.07 Å². The van der Waals surface area contributed by atoms with Gasteiger partial charge in [-0.25, -0.2) is 4.39 Å². The molecule has 1 aliphatic heterocycles. The minimum atomic E-state index is -0.336. The van der Waals surface area contributed by atoms with Gasteiger partial charge in [-0.15, -0.1) is 0 Å². The number of amides is 1. The molecular formula is C12H16FN3O. The fourth-order valence-electron chi connectivity index (χ4n) is 1.87. The maximum atomic E-state index is 13.1. The van der Waals surface area contributed by atoms with E-state index < -0.39 is 0 Å².